The van der Waals surface area contributed by atoms with Crippen molar-refractivity contribution >= 4 is 23.9 Å². The van der Waals surface area contributed by atoms with Crippen LogP contribution in [0.5, 0.6) is 0 Å². The fraction of sp³-hybridized carbons (Fsp3) is 0.667. The molecule has 2 unspecified atom stereocenters. The Morgan fingerprint density at radius 3 is 2.57 bits per heavy atom. The second kappa shape index (κ2) is 7.46. The first-order valence-electron chi connectivity index (χ1n) is 6.53. The first-order valence-corrected chi connectivity index (χ1v) is 6.53. The molecule has 1 aliphatic heterocycles. The number of methoxy groups -OCH3 is 1. The van der Waals surface area contributed by atoms with Gasteiger partial charge in [-0.2, -0.15) is 0 Å². The minimum absolute atomic E-state index is 0.314. The molecule has 3 amide bonds. The molecule has 0 bridgehead atoms. The predicted octanol–water partition coefficient (Wildman–Crippen LogP) is -0.948. The average Bonchev–Trinajstić information content (AvgIpc) is 2.45. The number of amides is 3. The molecule has 0 spiro atoms. The quantitative estimate of drug-likeness (QED) is 0.560. The number of ether oxygens (including phenoxy) is 1. The van der Waals surface area contributed by atoms with Gasteiger partial charge in [0, 0.05) is 6.54 Å². The molecule has 0 radical (unpaired) electrons. The third kappa shape index (κ3) is 4.62. The highest BCUT2D eigenvalue weighted by atomic mass is 16.5. The summed E-state index contributed by atoms with van der Waals surface area (Å²) in [5.41, 5.74) is 4.94. The largest absolute Gasteiger partial charge is 0.480 e. The monoisotopic (exact) mass is 301 g/mol. The Balaban J connectivity index is 2.76. The molecule has 1 fully saturated rings. The van der Waals surface area contributed by atoms with Crippen LogP contribution in [-0.2, 0) is 19.1 Å². The maximum absolute atomic E-state index is 12.1. The number of aliphatic carboxylic acids is 1. The smallest absolute Gasteiger partial charge is 0.328 e. The standard InChI is InChI=1S/C12H19N3O6/c1-21-11(19)8-4-2-3-5-15(8)12(20)14-7(10(17)18)6-9(13)16/h7-8H,2-6H2,1H3,(H2,13,16)(H,14,20)(H,17,18). The van der Waals surface area contributed by atoms with E-state index in [0.717, 1.165) is 6.42 Å². The van der Waals surface area contributed by atoms with Gasteiger partial charge in [-0.05, 0) is 19.3 Å². The van der Waals surface area contributed by atoms with Gasteiger partial charge < -0.3 is 25.8 Å². The molecule has 21 heavy (non-hydrogen) atoms. The van der Waals surface area contributed by atoms with Crippen molar-refractivity contribution in [2.24, 2.45) is 5.73 Å². The average molecular weight is 301 g/mol. The molecule has 0 aromatic heterocycles. The van der Waals surface area contributed by atoms with Crippen LogP contribution in [-0.4, -0.2) is 59.6 Å². The Morgan fingerprint density at radius 2 is 2.05 bits per heavy atom. The number of primary amides is 1. The number of nitrogens with one attached hydrogen (secondary N) is 1. The van der Waals surface area contributed by atoms with Crippen molar-refractivity contribution in [2.45, 2.75) is 37.8 Å². The highest BCUT2D eigenvalue weighted by Crippen LogP contribution is 2.18. The lowest BCUT2D eigenvalue weighted by atomic mass is 10.0. The van der Waals surface area contributed by atoms with E-state index in [1.807, 2.05) is 0 Å². The Kier molecular flexibility index (Phi) is 5.94. The summed E-state index contributed by atoms with van der Waals surface area (Å²) in [4.78, 5) is 46.8. The summed E-state index contributed by atoms with van der Waals surface area (Å²) >= 11 is 0. The lowest BCUT2D eigenvalue weighted by Crippen LogP contribution is -2.55. The highest BCUT2D eigenvalue weighted by molar-refractivity contribution is 5.89. The predicted molar refractivity (Wildman–Crippen MR) is 70.1 cm³/mol. The first-order chi connectivity index (χ1) is 9.86. The van der Waals surface area contributed by atoms with Crippen molar-refractivity contribution in [1.82, 2.24) is 10.2 Å². The second-order valence-corrected chi connectivity index (χ2v) is 4.74. The summed E-state index contributed by atoms with van der Waals surface area (Å²) in [7, 11) is 1.22. The van der Waals surface area contributed by atoms with Crippen molar-refractivity contribution in [3.05, 3.63) is 0 Å². The van der Waals surface area contributed by atoms with E-state index >= 15 is 0 Å². The highest BCUT2D eigenvalue weighted by Gasteiger charge is 2.34. The topological polar surface area (TPSA) is 139 Å². The van der Waals surface area contributed by atoms with Gasteiger partial charge in [0.25, 0.3) is 0 Å². The van der Waals surface area contributed by atoms with Crippen molar-refractivity contribution in [2.75, 3.05) is 13.7 Å². The number of urea groups is 1. The van der Waals surface area contributed by atoms with Gasteiger partial charge in [-0.1, -0.05) is 0 Å². The third-order valence-electron chi connectivity index (χ3n) is 3.24. The van der Waals surface area contributed by atoms with E-state index in [4.69, 9.17) is 10.8 Å². The molecule has 0 saturated carbocycles. The minimum atomic E-state index is -1.42. The molecule has 1 saturated heterocycles. The SMILES string of the molecule is COC(=O)C1CCCCN1C(=O)NC(CC(N)=O)C(=O)O. The Labute approximate surface area is 121 Å². The fourth-order valence-corrected chi connectivity index (χ4v) is 2.19. The van der Waals surface area contributed by atoms with Gasteiger partial charge >= 0.3 is 18.0 Å². The third-order valence-corrected chi connectivity index (χ3v) is 3.24. The summed E-state index contributed by atoms with van der Waals surface area (Å²) in [5, 5.41) is 11.2. The molecule has 0 aromatic carbocycles. The Morgan fingerprint density at radius 1 is 1.38 bits per heavy atom. The molecule has 1 aliphatic rings. The Hall–Kier alpha value is -2.32. The van der Waals surface area contributed by atoms with E-state index in [-0.39, 0.29) is 0 Å². The summed E-state index contributed by atoms with van der Waals surface area (Å²) in [6.07, 6.45) is 1.41. The van der Waals surface area contributed by atoms with E-state index in [0.29, 0.717) is 19.4 Å². The van der Waals surface area contributed by atoms with Crippen LogP contribution in [0.2, 0.25) is 0 Å². The molecular weight excluding hydrogens is 282 g/mol. The molecule has 9 nitrogen and oxygen atoms in total. The van der Waals surface area contributed by atoms with Crippen LogP contribution in [0.25, 0.3) is 0 Å². The van der Waals surface area contributed by atoms with Crippen molar-refractivity contribution < 1.29 is 29.0 Å². The van der Waals surface area contributed by atoms with Crippen LogP contribution in [0.1, 0.15) is 25.7 Å². The molecule has 1 heterocycles. The zero-order valence-corrected chi connectivity index (χ0v) is 11.7. The number of esters is 1. The minimum Gasteiger partial charge on any atom is -0.480 e. The van der Waals surface area contributed by atoms with Gasteiger partial charge in [0.1, 0.15) is 12.1 Å². The summed E-state index contributed by atoms with van der Waals surface area (Å²) in [6.45, 7) is 0.314. The maximum atomic E-state index is 12.1. The number of carbonyl (C=O) groups is 4. The molecule has 2 atom stereocenters. The molecule has 9 heteroatoms. The summed E-state index contributed by atoms with van der Waals surface area (Å²) < 4.78 is 4.64. The lowest BCUT2D eigenvalue weighted by Gasteiger charge is -2.34. The number of piperidine rings is 1. The van der Waals surface area contributed by atoms with Crippen molar-refractivity contribution in [3.63, 3.8) is 0 Å². The molecule has 1 rings (SSSR count). The van der Waals surface area contributed by atoms with E-state index in [2.05, 4.69) is 10.1 Å². The lowest BCUT2D eigenvalue weighted by molar-refractivity contribution is -0.147. The van der Waals surface area contributed by atoms with Crippen LogP contribution in [0.4, 0.5) is 4.79 Å². The number of likely N-dealkylation sites (tertiary alicyclic amines) is 1. The van der Waals surface area contributed by atoms with Gasteiger partial charge in [-0.3, -0.25) is 4.79 Å². The fourth-order valence-electron chi connectivity index (χ4n) is 2.19. The van der Waals surface area contributed by atoms with Crippen LogP contribution in [0.3, 0.4) is 0 Å². The van der Waals surface area contributed by atoms with Gasteiger partial charge in [-0.25, -0.2) is 14.4 Å². The van der Waals surface area contributed by atoms with Crippen LogP contribution >= 0.6 is 0 Å². The van der Waals surface area contributed by atoms with Crippen LogP contribution < -0.4 is 11.1 Å². The second-order valence-electron chi connectivity index (χ2n) is 4.74. The van der Waals surface area contributed by atoms with Gasteiger partial charge in [0.05, 0.1) is 13.5 Å². The molecular formula is C12H19N3O6. The van der Waals surface area contributed by atoms with E-state index in [1.165, 1.54) is 12.0 Å². The number of nitrogens with two attached hydrogens (primary N) is 1. The van der Waals surface area contributed by atoms with Crippen LogP contribution in [0, 0.1) is 0 Å². The number of rotatable bonds is 5. The van der Waals surface area contributed by atoms with Crippen LogP contribution in [0.15, 0.2) is 0 Å². The number of carbonyl (C=O) groups excluding carboxylic acids is 3. The zero-order valence-electron chi connectivity index (χ0n) is 11.7. The first kappa shape index (κ1) is 16.7. The van der Waals surface area contributed by atoms with Crippen molar-refractivity contribution in [1.29, 1.82) is 0 Å². The maximum Gasteiger partial charge on any atom is 0.328 e. The molecule has 4 N–H and O–H groups in total. The Bertz CT molecular complexity index is 439. The summed E-state index contributed by atoms with van der Waals surface area (Å²) in [6, 6.07) is -2.89. The number of carboxylic acids is 1. The molecule has 0 aromatic rings. The van der Waals surface area contributed by atoms with E-state index in [9.17, 15) is 19.2 Å². The van der Waals surface area contributed by atoms with Gasteiger partial charge in [-0.15, -0.1) is 0 Å². The summed E-state index contributed by atoms with van der Waals surface area (Å²) in [5.74, 6) is -2.76. The van der Waals surface area contributed by atoms with E-state index < -0.39 is 42.4 Å². The number of nitrogens with zero attached hydrogens (tertiary/aromatic N) is 1. The van der Waals surface area contributed by atoms with Gasteiger partial charge in [0.15, 0.2) is 0 Å². The molecule has 118 valence electrons. The number of hydrogen-bond acceptors (Lipinski definition) is 5. The molecule has 0 aliphatic carbocycles. The number of hydrogen-bond donors (Lipinski definition) is 3. The van der Waals surface area contributed by atoms with E-state index in [1.54, 1.807) is 0 Å². The van der Waals surface area contributed by atoms with Gasteiger partial charge in [0.2, 0.25) is 5.91 Å². The van der Waals surface area contributed by atoms with Crippen molar-refractivity contribution in [3.8, 4) is 0 Å². The zero-order chi connectivity index (χ0) is 16.0. The normalized spacial score (nSPS) is 19.5. The number of carboxylic acid groups (broad SMARTS) is 1.